The van der Waals surface area contributed by atoms with Crippen molar-refractivity contribution in [3.8, 4) is 5.75 Å². The molecule has 0 unspecified atom stereocenters. The SMILES string of the molecule is CC1=CC[C@@]2(C)CC[C@@](O)(C(C)C)[C@@H]2[C@@H](OCc2ccc(O)cc2)C1. The zero-order valence-electron chi connectivity index (χ0n) is 16.0. The molecule has 2 aliphatic rings. The van der Waals surface area contributed by atoms with E-state index in [1.54, 1.807) is 12.1 Å². The highest BCUT2D eigenvalue weighted by molar-refractivity contribution is 5.25. The van der Waals surface area contributed by atoms with Crippen LogP contribution in [0.5, 0.6) is 5.75 Å². The maximum atomic E-state index is 11.5. The number of aromatic hydroxyl groups is 1. The van der Waals surface area contributed by atoms with Gasteiger partial charge in [0.05, 0.1) is 18.3 Å². The number of phenolic OH excluding ortho intramolecular Hbond substituents is 1. The molecule has 0 amide bonds. The lowest BCUT2D eigenvalue weighted by Crippen LogP contribution is -2.49. The fourth-order valence-electron chi connectivity index (χ4n) is 4.92. The van der Waals surface area contributed by atoms with E-state index in [-0.39, 0.29) is 29.1 Å². The van der Waals surface area contributed by atoms with E-state index < -0.39 is 5.60 Å². The Morgan fingerprint density at radius 2 is 1.88 bits per heavy atom. The van der Waals surface area contributed by atoms with Crippen LogP contribution in [0.1, 0.15) is 58.9 Å². The Kier molecular flexibility index (Phi) is 5.00. The quantitative estimate of drug-likeness (QED) is 0.770. The van der Waals surface area contributed by atoms with Crippen molar-refractivity contribution in [1.29, 1.82) is 0 Å². The summed E-state index contributed by atoms with van der Waals surface area (Å²) >= 11 is 0. The van der Waals surface area contributed by atoms with Gasteiger partial charge >= 0.3 is 0 Å². The summed E-state index contributed by atoms with van der Waals surface area (Å²) in [4.78, 5) is 0. The first kappa shape index (κ1) is 18.5. The number of allylic oxidation sites excluding steroid dienone is 1. The monoisotopic (exact) mass is 344 g/mol. The molecular weight excluding hydrogens is 312 g/mol. The number of aliphatic hydroxyl groups is 1. The van der Waals surface area contributed by atoms with Gasteiger partial charge < -0.3 is 14.9 Å². The Morgan fingerprint density at radius 3 is 2.52 bits per heavy atom. The molecule has 1 aromatic carbocycles. The summed E-state index contributed by atoms with van der Waals surface area (Å²) in [5.74, 6) is 0.637. The van der Waals surface area contributed by atoms with Gasteiger partial charge in [-0.25, -0.2) is 0 Å². The Labute approximate surface area is 151 Å². The van der Waals surface area contributed by atoms with Crippen molar-refractivity contribution in [1.82, 2.24) is 0 Å². The smallest absolute Gasteiger partial charge is 0.115 e. The number of ether oxygens (including phenoxy) is 1. The summed E-state index contributed by atoms with van der Waals surface area (Å²) in [5, 5.41) is 21.0. The largest absolute Gasteiger partial charge is 0.508 e. The van der Waals surface area contributed by atoms with Gasteiger partial charge in [-0.05, 0) is 61.6 Å². The fourth-order valence-corrected chi connectivity index (χ4v) is 4.92. The van der Waals surface area contributed by atoms with Crippen molar-refractivity contribution in [2.75, 3.05) is 0 Å². The molecule has 1 aromatic rings. The zero-order valence-corrected chi connectivity index (χ0v) is 16.0. The molecule has 3 nitrogen and oxygen atoms in total. The minimum atomic E-state index is -0.660. The summed E-state index contributed by atoms with van der Waals surface area (Å²) in [6.07, 6.45) is 6.19. The molecule has 0 heterocycles. The van der Waals surface area contributed by atoms with E-state index >= 15 is 0 Å². The molecule has 138 valence electrons. The lowest BCUT2D eigenvalue weighted by molar-refractivity contribution is -0.131. The molecule has 0 spiro atoms. The lowest BCUT2D eigenvalue weighted by Gasteiger charge is -2.44. The van der Waals surface area contributed by atoms with Crippen molar-refractivity contribution < 1.29 is 14.9 Å². The Hall–Kier alpha value is -1.32. The number of hydrogen-bond acceptors (Lipinski definition) is 3. The van der Waals surface area contributed by atoms with Gasteiger partial charge in [0.15, 0.2) is 0 Å². The third-order valence-electron chi connectivity index (χ3n) is 6.60. The van der Waals surface area contributed by atoms with Gasteiger partial charge in [-0.15, -0.1) is 0 Å². The van der Waals surface area contributed by atoms with E-state index in [4.69, 9.17) is 4.74 Å². The van der Waals surface area contributed by atoms with Crippen molar-refractivity contribution in [3.63, 3.8) is 0 Å². The van der Waals surface area contributed by atoms with Gasteiger partial charge in [0.25, 0.3) is 0 Å². The average Bonchev–Trinajstić information content (AvgIpc) is 2.76. The third kappa shape index (κ3) is 3.50. The van der Waals surface area contributed by atoms with Gasteiger partial charge in [0.1, 0.15) is 5.75 Å². The average molecular weight is 344 g/mol. The molecule has 4 atom stereocenters. The normalized spacial score (nSPS) is 35.4. The summed E-state index contributed by atoms with van der Waals surface area (Å²) < 4.78 is 6.40. The first-order valence-electron chi connectivity index (χ1n) is 9.52. The van der Waals surface area contributed by atoms with Crippen LogP contribution < -0.4 is 0 Å². The predicted molar refractivity (Wildman–Crippen MR) is 100 cm³/mol. The first-order chi connectivity index (χ1) is 11.7. The molecule has 2 N–H and O–H groups in total. The van der Waals surface area contributed by atoms with E-state index in [2.05, 4.69) is 33.8 Å². The maximum Gasteiger partial charge on any atom is 0.115 e. The minimum Gasteiger partial charge on any atom is -0.508 e. The predicted octanol–water partition coefficient (Wildman–Crippen LogP) is 4.82. The topological polar surface area (TPSA) is 49.7 Å². The van der Waals surface area contributed by atoms with Crippen LogP contribution >= 0.6 is 0 Å². The Morgan fingerprint density at radius 1 is 1.20 bits per heavy atom. The molecule has 0 bridgehead atoms. The molecule has 0 aliphatic heterocycles. The highest BCUT2D eigenvalue weighted by Crippen LogP contribution is 2.58. The second kappa shape index (κ2) is 6.77. The van der Waals surface area contributed by atoms with E-state index in [1.165, 1.54) is 5.57 Å². The molecule has 0 saturated heterocycles. The molecular formula is C22H32O3. The Bertz CT molecular complexity index is 633. The highest BCUT2D eigenvalue weighted by Gasteiger charge is 2.58. The van der Waals surface area contributed by atoms with Crippen LogP contribution in [0.3, 0.4) is 0 Å². The molecule has 25 heavy (non-hydrogen) atoms. The number of fused-ring (bicyclic) bond motifs is 1. The molecule has 1 saturated carbocycles. The van der Waals surface area contributed by atoms with Gasteiger partial charge in [-0.1, -0.05) is 44.6 Å². The standard InChI is InChI=1S/C22H32O3/c1-15(2)22(24)12-11-21(4)10-9-16(3)13-19(20(21)22)25-14-17-5-7-18(23)8-6-17/h5-9,15,19-20,23-24H,10-14H2,1-4H3/t19-,20+,21-,22+/m0/s1. The van der Waals surface area contributed by atoms with Crippen molar-refractivity contribution in [2.45, 2.75) is 71.7 Å². The number of rotatable bonds is 4. The van der Waals surface area contributed by atoms with E-state index in [0.29, 0.717) is 6.61 Å². The van der Waals surface area contributed by atoms with E-state index in [1.807, 2.05) is 12.1 Å². The maximum absolute atomic E-state index is 11.5. The van der Waals surface area contributed by atoms with Crippen LogP contribution in [0.25, 0.3) is 0 Å². The molecule has 1 fully saturated rings. The molecule has 0 aromatic heterocycles. The van der Waals surface area contributed by atoms with Crippen LogP contribution in [0.2, 0.25) is 0 Å². The van der Waals surface area contributed by atoms with E-state index in [9.17, 15) is 10.2 Å². The third-order valence-corrected chi connectivity index (χ3v) is 6.60. The van der Waals surface area contributed by atoms with Gasteiger partial charge in [-0.2, -0.15) is 0 Å². The summed E-state index contributed by atoms with van der Waals surface area (Å²) in [6, 6.07) is 7.19. The molecule has 0 radical (unpaired) electrons. The van der Waals surface area contributed by atoms with Crippen molar-refractivity contribution >= 4 is 0 Å². The number of benzene rings is 1. The fraction of sp³-hybridized carbons (Fsp3) is 0.636. The van der Waals surface area contributed by atoms with Crippen LogP contribution in [-0.4, -0.2) is 21.9 Å². The lowest BCUT2D eigenvalue weighted by atomic mass is 9.67. The molecule has 3 rings (SSSR count). The van der Waals surface area contributed by atoms with Gasteiger partial charge in [0, 0.05) is 5.92 Å². The second-order valence-corrected chi connectivity index (χ2v) is 8.75. The zero-order chi connectivity index (χ0) is 18.2. The van der Waals surface area contributed by atoms with Crippen LogP contribution in [0.15, 0.2) is 35.9 Å². The summed E-state index contributed by atoms with van der Waals surface area (Å²) in [7, 11) is 0. The van der Waals surface area contributed by atoms with Gasteiger partial charge in [0.2, 0.25) is 0 Å². The van der Waals surface area contributed by atoms with E-state index in [0.717, 1.165) is 31.2 Å². The number of hydrogen-bond donors (Lipinski definition) is 2. The Balaban J connectivity index is 1.85. The number of phenols is 1. The van der Waals surface area contributed by atoms with Gasteiger partial charge in [-0.3, -0.25) is 0 Å². The molecule has 2 aliphatic carbocycles. The first-order valence-corrected chi connectivity index (χ1v) is 9.52. The van der Waals surface area contributed by atoms with Crippen molar-refractivity contribution in [2.24, 2.45) is 17.3 Å². The van der Waals surface area contributed by atoms with Crippen LogP contribution in [-0.2, 0) is 11.3 Å². The molecule has 3 heteroatoms. The minimum absolute atomic E-state index is 0.0208. The summed E-state index contributed by atoms with van der Waals surface area (Å²) in [6.45, 7) is 9.28. The highest BCUT2D eigenvalue weighted by atomic mass is 16.5. The summed E-state index contributed by atoms with van der Waals surface area (Å²) in [5.41, 5.74) is 1.84. The van der Waals surface area contributed by atoms with Crippen LogP contribution in [0.4, 0.5) is 0 Å². The second-order valence-electron chi connectivity index (χ2n) is 8.75. The van der Waals surface area contributed by atoms with Crippen LogP contribution in [0, 0.1) is 17.3 Å². The van der Waals surface area contributed by atoms with Crippen molar-refractivity contribution in [3.05, 3.63) is 41.5 Å².